The maximum absolute atomic E-state index is 12.6. The Balaban J connectivity index is 4.20. The molecule has 0 rings (SSSR count). The third kappa shape index (κ3) is 38.5. The van der Waals surface area contributed by atoms with Crippen LogP contribution in [0, 0.1) is 0 Å². The number of rotatable bonds is 41. The van der Waals surface area contributed by atoms with Crippen LogP contribution in [0.3, 0.4) is 0 Å². The van der Waals surface area contributed by atoms with Crippen LogP contribution < -0.4 is 5.32 Å². The monoisotopic (exact) mass is 760 g/mol. The molecule has 10 heteroatoms. The van der Waals surface area contributed by atoms with E-state index >= 15 is 0 Å². The first-order valence-corrected chi connectivity index (χ1v) is 23.1. The normalized spacial score (nSPS) is 13.4. The lowest BCUT2D eigenvalue weighted by atomic mass is 10.0. The smallest absolute Gasteiger partial charge is 0.462 e. The van der Waals surface area contributed by atoms with Crippen LogP contribution in [0.1, 0.15) is 206 Å². The number of nitrogens with one attached hydrogen (secondary N) is 1. The Morgan fingerprint density at radius 2 is 0.981 bits per heavy atom. The number of carbonyl (C=O) groups is 2. The Hall–Kier alpha value is -1.25. The molecule has 0 fully saturated rings. The molecule has 52 heavy (non-hydrogen) atoms. The van der Waals surface area contributed by atoms with Gasteiger partial charge >= 0.3 is 19.8 Å². The van der Waals surface area contributed by atoms with Crippen molar-refractivity contribution in [2.75, 3.05) is 33.4 Å². The minimum Gasteiger partial charge on any atom is -0.462 e. The Kier molecular flexibility index (Phi) is 38.5. The summed E-state index contributed by atoms with van der Waals surface area (Å²) < 4.78 is 33.2. The van der Waals surface area contributed by atoms with Gasteiger partial charge in [-0.2, -0.15) is 0 Å². The highest BCUT2D eigenvalue weighted by atomic mass is 31.2. The van der Waals surface area contributed by atoms with Crippen LogP contribution in [0.5, 0.6) is 0 Å². The van der Waals surface area contributed by atoms with Gasteiger partial charge in [-0.05, 0) is 45.6 Å². The second-order valence-electron chi connectivity index (χ2n) is 14.5. The molecule has 0 aliphatic carbocycles. The van der Waals surface area contributed by atoms with Crippen molar-refractivity contribution in [3.8, 4) is 0 Å². The van der Waals surface area contributed by atoms with E-state index in [1.165, 1.54) is 128 Å². The van der Waals surface area contributed by atoms with Crippen LogP contribution in [0.15, 0.2) is 12.2 Å². The lowest BCUT2D eigenvalue weighted by Gasteiger charge is -2.20. The maximum atomic E-state index is 12.6. The van der Waals surface area contributed by atoms with E-state index in [-0.39, 0.29) is 25.6 Å². The van der Waals surface area contributed by atoms with Gasteiger partial charge < -0.3 is 19.7 Å². The Labute approximate surface area is 320 Å². The summed E-state index contributed by atoms with van der Waals surface area (Å²) in [6.07, 6.45) is 38.2. The van der Waals surface area contributed by atoms with Gasteiger partial charge in [0.15, 0.2) is 6.10 Å². The summed E-state index contributed by atoms with van der Waals surface area (Å²) in [6.45, 7) is 4.24. The molecule has 0 aromatic rings. The summed E-state index contributed by atoms with van der Waals surface area (Å²) in [5.74, 6) is -0.802. The van der Waals surface area contributed by atoms with E-state index < -0.39 is 26.5 Å². The highest BCUT2D eigenvalue weighted by molar-refractivity contribution is 7.47. The minimum absolute atomic E-state index is 0.0147. The van der Waals surface area contributed by atoms with Crippen molar-refractivity contribution in [3.63, 3.8) is 0 Å². The predicted molar refractivity (Wildman–Crippen MR) is 215 cm³/mol. The number of carbonyl (C=O) groups excluding carboxylic acids is 2. The van der Waals surface area contributed by atoms with Crippen LogP contribution in [0.4, 0.5) is 0 Å². The van der Waals surface area contributed by atoms with E-state index in [9.17, 15) is 19.0 Å². The number of phosphoric acid groups is 1. The van der Waals surface area contributed by atoms with Gasteiger partial charge in [-0.1, -0.05) is 167 Å². The van der Waals surface area contributed by atoms with Crippen molar-refractivity contribution < 1.29 is 37.6 Å². The van der Waals surface area contributed by atoms with Crippen molar-refractivity contribution in [2.45, 2.75) is 213 Å². The third-order valence-corrected chi connectivity index (χ3v) is 10.4. The second kappa shape index (κ2) is 39.4. The fraction of sp³-hybridized carbons (Fsp3) is 0.905. The van der Waals surface area contributed by atoms with Crippen molar-refractivity contribution in [1.82, 2.24) is 5.32 Å². The van der Waals surface area contributed by atoms with E-state index in [0.717, 1.165) is 44.9 Å². The first-order chi connectivity index (χ1) is 25.3. The molecular formula is C42H82NO8P. The Morgan fingerprint density at radius 3 is 1.42 bits per heavy atom. The third-order valence-electron chi connectivity index (χ3n) is 9.39. The van der Waals surface area contributed by atoms with Gasteiger partial charge in [-0.15, -0.1) is 0 Å². The number of hydrogen-bond acceptors (Lipinski definition) is 8. The molecule has 0 saturated carbocycles. The standard InChI is InChI=1S/C42H82NO8P/c1-4-6-8-10-12-14-16-18-19-20-21-23-25-27-29-31-33-35-42(45)51-40(39-50-52(46,47)49-37-36-43-3)38-48-41(44)34-32-30-28-26-24-22-17-15-13-11-9-7-5-2/h18-19,40,43H,4-17,20-39H2,1-3H3,(H,46,47)/b19-18-. The van der Waals surface area contributed by atoms with E-state index in [4.69, 9.17) is 18.5 Å². The van der Waals surface area contributed by atoms with E-state index in [1.807, 2.05) is 0 Å². The van der Waals surface area contributed by atoms with Crippen LogP contribution in [-0.2, 0) is 32.7 Å². The van der Waals surface area contributed by atoms with Gasteiger partial charge in [0.2, 0.25) is 0 Å². The fourth-order valence-corrected chi connectivity index (χ4v) is 6.83. The molecule has 0 saturated heterocycles. The zero-order chi connectivity index (χ0) is 38.2. The number of phosphoric ester groups is 1. The molecule has 2 atom stereocenters. The summed E-state index contributed by atoms with van der Waals surface area (Å²) in [7, 11) is -2.64. The number of allylic oxidation sites excluding steroid dienone is 2. The molecule has 0 aromatic carbocycles. The predicted octanol–water partition coefficient (Wildman–Crippen LogP) is 12.1. The molecule has 0 spiro atoms. The molecule has 0 bridgehead atoms. The molecule has 2 unspecified atom stereocenters. The molecular weight excluding hydrogens is 677 g/mol. The molecule has 0 aromatic heterocycles. The molecule has 2 N–H and O–H groups in total. The highest BCUT2D eigenvalue weighted by Crippen LogP contribution is 2.43. The second-order valence-corrected chi connectivity index (χ2v) is 16.0. The summed E-state index contributed by atoms with van der Waals surface area (Å²) in [5.41, 5.74) is 0. The molecule has 308 valence electrons. The molecule has 0 heterocycles. The Morgan fingerprint density at radius 1 is 0.577 bits per heavy atom. The average Bonchev–Trinajstić information content (AvgIpc) is 3.12. The van der Waals surface area contributed by atoms with Crippen molar-refractivity contribution in [1.29, 1.82) is 0 Å². The van der Waals surface area contributed by atoms with Crippen LogP contribution >= 0.6 is 7.82 Å². The number of esters is 2. The summed E-state index contributed by atoms with van der Waals surface area (Å²) in [6, 6.07) is 0. The zero-order valence-electron chi connectivity index (χ0n) is 34.0. The van der Waals surface area contributed by atoms with Crippen molar-refractivity contribution in [2.24, 2.45) is 0 Å². The van der Waals surface area contributed by atoms with Gasteiger partial charge in [0.25, 0.3) is 0 Å². The minimum atomic E-state index is -4.34. The number of ether oxygens (including phenoxy) is 2. The topological polar surface area (TPSA) is 120 Å². The lowest BCUT2D eigenvalue weighted by molar-refractivity contribution is -0.161. The van der Waals surface area contributed by atoms with Crippen LogP contribution in [0.25, 0.3) is 0 Å². The molecule has 0 radical (unpaired) electrons. The van der Waals surface area contributed by atoms with E-state index in [2.05, 4.69) is 31.3 Å². The first-order valence-electron chi connectivity index (χ1n) is 21.6. The first kappa shape index (κ1) is 50.8. The van der Waals surface area contributed by atoms with E-state index in [1.54, 1.807) is 7.05 Å². The Bertz CT molecular complexity index is 871. The maximum Gasteiger partial charge on any atom is 0.472 e. The molecule has 0 aliphatic rings. The molecule has 0 amide bonds. The quantitative estimate of drug-likeness (QED) is 0.0271. The summed E-state index contributed by atoms with van der Waals surface area (Å²) >= 11 is 0. The SMILES string of the molecule is CCCCCCCC/C=C\CCCCCCCCCC(=O)OC(COC(=O)CCCCCCCCCCCCCCC)COP(=O)(O)OCCNC. The molecule has 9 nitrogen and oxygen atoms in total. The number of unbranched alkanes of at least 4 members (excludes halogenated alkanes) is 25. The van der Waals surface area contributed by atoms with Gasteiger partial charge in [0, 0.05) is 19.4 Å². The fourth-order valence-electron chi connectivity index (χ4n) is 6.08. The summed E-state index contributed by atoms with van der Waals surface area (Å²) in [5, 5.41) is 2.82. The van der Waals surface area contributed by atoms with Crippen molar-refractivity contribution >= 4 is 19.8 Å². The zero-order valence-corrected chi connectivity index (χ0v) is 34.9. The lowest BCUT2D eigenvalue weighted by Crippen LogP contribution is -2.29. The van der Waals surface area contributed by atoms with Gasteiger partial charge in [0.1, 0.15) is 6.61 Å². The highest BCUT2D eigenvalue weighted by Gasteiger charge is 2.26. The molecule has 0 aliphatic heterocycles. The number of likely N-dealkylation sites (N-methyl/N-ethyl adjacent to an activating group) is 1. The summed E-state index contributed by atoms with van der Waals surface area (Å²) in [4.78, 5) is 35.0. The average molecular weight is 760 g/mol. The largest absolute Gasteiger partial charge is 0.472 e. The van der Waals surface area contributed by atoms with Crippen LogP contribution in [-0.4, -0.2) is 56.3 Å². The van der Waals surface area contributed by atoms with Gasteiger partial charge in [-0.3, -0.25) is 18.6 Å². The number of hydrogen-bond donors (Lipinski definition) is 2. The van der Waals surface area contributed by atoms with Gasteiger partial charge in [-0.25, -0.2) is 4.57 Å². The van der Waals surface area contributed by atoms with Crippen molar-refractivity contribution in [3.05, 3.63) is 12.2 Å². The van der Waals surface area contributed by atoms with Gasteiger partial charge in [0.05, 0.1) is 13.2 Å². The van der Waals surface area contributed by atoms with Crippen LogP contribution in [0.2, 0.25) is 0 Å². The van der Waals surface area contributed by atoms with E-state index in [0.29, 0.717) is 19.4 Å².